The van der Waals surface area contributed by atoms with Crippen LogP contribution in [0.25, 0.3) is 11.4 Å². The minimum Gasteiger partial charge on any atom is -0.481 e. The van der Waals surface area contributed by atoms with Gasteiger partial charge in [-0.05, 0) is 78.9 Å². The molecule has 3 aliphatic rings. The molecule has 1 atom stereocenters. The van der Waals surface area contributed by atoms with E-state index in [0.29, 0.717) is 16.1 Å². The summed E-state index contributed by atoms with van der Waals surface area (Å²) in [7, 11) is 0. The predicted octanol–water partition coefficient (Wildman–Crippen LogP) is 6.82. The van der Waals surface area contributed by atoms with Gasteiger partial charge in [0.25, 0.3) is 5.91 Å². The number of rotatable bonds is 9. The van der Waals surface area contributed by atoms with Crippen LogP contribution in [0.5, 0.6) is 0 Å². The van der Waals surface area contributed by atoms with Gasteiger partial charge < -0.3 is 20.2 Å². The molecule has 2 amide bonds. The molecule has 0 spiro atoms. The van der Waals surface area contributed by atoms with E-state index in [9.17, 15) is 19.5 Å². The largest absolute Gasteiger partial charge is 0.481 e. The molecule has 2 N–H and O–H groups in total. The molecule has 2 aromatic heterocycles. The summed E-state index contributed by atoms with van der Waals surface area (Å²) >= 11 is 1.42. The lowest BCUT2D eigenvalue weighted by atomic mass is 9.68. The van der Waals surface area contributed by atoms with Gasteiger partial charge in [-0.3, -0.25) is 14.4 Å². The van der Waals surface area contributed by atoms with E-state index >= 15 is 0 Å². The summed E-state index contributed by atoms with van der Waals surface area (Å²) in [5.74, 6) is 0.298. The minimum absolute atomic E-state index is 0.0863. The number of nitrogens with zero attached hydrogens (tertiary/aromatic N) is 4. The van der Waals surface area contributed by atoms with Crippen molar-refractivity contribution in [2.24, 2.45) is 23.2 Å². The lowest BCUT2D eigenvalue weighted by Crippen LogP contribution is -2.59. The van der Waals surface area contributed by atoms with Gasteiger partial charge >= 0.3 is 5.97 Å². The van der Waals surface area contributed by atoms with E-state index in [4.69, 9.17) is 9.97 Å². The van der Waals surface area contributed by atoms with Gasteiger partial charge in [0.1, 0.15) is 6.04 Å². The second-order valence-electron chi connectivity index (χ2n) is 16.2. The maximum absolute atomic E-state index is 13.5. The summed E-state index contributed by atoms with van der Waals surface area (Å²) in [6.45, 7) is 13.5. The normalized spacial score (nSPS) is 19.7. The number of likely N-dealkylation sites (tertiary alicyclic amines) is 1. The van der Waals surface area contributed by atoms with E-state index in [1.165, 1.54) is 54.8 Å². The highest BCUT2D eigenvalue weighted by molar-refractivity contribution is 7.14. The van der Waals surface area contributed by atoms with E-state index in [0.717, 1.165) is 46.6 Å². The van der Waals surface area contributed by atoms with Crippen molar-refractivity contribution < 1.29 is 19.5 Å². The third-order valence-corrected chi connectivity index (χ3v) is 12.5. The number of hydrogen-bond donors (Lipinski definition) is 2. The third-order valence-electron chi connectivity index (χ3n) is 11.0. The molecule has 0 bridgehead atoms. The van der Waals surface area contributed by atoms with Crippen LogP contribution in [0.1, 0.15) is 93.3 Å². The molecular weight excluding hydrogens is 635 g/mol. The Hall–Kier alpha value is -3.79. The van der Waals surface area contributed by atoms with Gasteiger partial charge in [0, 0.05) is 43.0 Å². The Bertz CT molecular complexity index is 1620. The number of nitrogens with one attached hydrogen (secondary N) is 1. The molecule has 0 unspecified atom stereocenters. The van der Waals surface area contributed by atoms with Crippen molar-refractivity contribution in [2.45, 2.75) is 91.0 Å². The Labute approximate surface area is 294 Å². The number of carboxylic acids is 1. The van der Waals surface area contributed by atoms with Crippen molar-refractivity contribution in [1.82, 2.24) is 20.2 Å². The van der Waals surface area contributed by atoms with Crippen molar-refractivity contribution in [3.63, 3.8) is 0 Å². The Morgan fingerprint density at radius 2 is 1.55 bits per heavy atom. The first-order chi connectivity index (χ1) is 23.3. The van der Waals surface area contributed by atoms with Gasteiger partial charge in [-0.15, -0.1) is 11.3 Å². The molecule has 10 heteroatoms. The second-order valence-corrected chi connectivity index (χ2v) is 17.3. The molecule has 3 fully saturated rings. The number of aromatic nitrogens is 2. The van der Waals surface area contributed by atoms with Crippen LogP contribution in [0.4, 0.5) is 5.69 Å². The van der Waals surface area contributed by atoms with Crippen LogP contribution in [0, 0.1) is 23.2 Å². The first-order valence-electron chi connectivity index (χ1n) is 17.8. The molecule has 1 aromatic carbocycles. The number of anilines is 1. The summed E-state index contributed by atoms with van der Waals surface area (Å²) in [6, 6.07) is 10.7. The Morgan fingerprint density at radius 3 is 2.12 bits per heavy atom. The zero-order valence-corrected chi connectivity index (χ0v) is 30.4. The smallest absolute Gasteiger partial charge is 0.310 e. The number of benzene rings is 1. The van der Waals surface area contributed by atoms with Crippen LogP contribution >= 0.6 is 11.3 Å². The molecule has 1 saturated carbocycles. The Kier molecular flexibility index (Phi) is 10.2. The number of hydrogen-bond acceptors (Lipinski definition) is 7. The number of thiophene rings is 1. The second kappa shape index (κ2) is 14.2. The van der Waals surface area contributed by atoms with E-state index in [1.807, 2.05) is 42.7 Å². The monoisotopic (exact) mass is 685 g/mol. The fourth-order valence-corrected chi connectivity index (χ4v) is 8.48. The van der Waals surface area contributed by atoms with Gasteiger partial charge in [0.15, 0.2) is 5.82 Å². The third kappa shape index (κ3) is 8.34. The fourth-order valence-electron chi connectivity index (χ4n) is 7.51. The van der Waals surface area contributed by atoms with Gasteiger partial charge in [-0.1, -0.05) is 58.9 Å². The van der Waals surface area contributed by atoms with E-state index in [-0.39, 0.29) is 36.7 Å². The van der Waals surface area contributed by atoms with Gasteiger partial charge in [-0.25, -0.2) is 9.97 Å². The highest BCUT2D eigenvalue weighted by Crippen LogP contribution is 2.43. The van der Waals surface area contributed by atoms with E-state index in [1.54, 1.807) is 6.07 Å². The van der Waals surface area contributed by atoms with Crippen LogP contribution in [0.15, 0.2) is 48.8 Å². The zero-order chi connectivity index (χ0) is 34.9. The molecule has 3 aromatic rings. The van der Waals surface area contributed by atoms with Gasteiger partial charge in [-0.2, -0.15) is 0 Å². The molecule has 2 saturated heterocycles. The van der Waals surface area contributed by atoms with Crippen molar-refractivity contribution in [3.05, 3.63) is 64.1 Å². The average molecular weight is 686 g/mol. The van der Waals surface area contributed by atoms with Gasteiger partial charge in [0.05, 0.1) is 28.9 Å². The summed E-state index contributed by atoms with van der Waals surface area (Å²) < 4.78 is 0. The van der Waals surface area contributed by atoms with Crippen molar-refractivity contribution in [3.8, 4) is 11.4 Å². The average Bonchev–Trinajstić information content (AvgIpc) is 3.56. The maximum Gasteiger partial charge on any atom is 0.310 e. The molecule has 0 radical (unpaired) electrons. The maximum atomic E-state index is 13.5. The first-order valence-corrected chi connectivity index (χ1v) is 18.7. The number of aliphatic carboxylic acids is 1. The quantitative estimate of drug-likeness (QED) is 0.254. The lowest BCUT2D eigenvalue weighted by Gasteiger charge is -2.41. The van der Waals surface area contributed by atoms with Crippen molar-refractivity contribution in [1.29, 1.82) is 0 Å². The summed E-state index contributed by atoms with van der Waals surface area (Å²) in [4.78, 5) is 53.1. The van der Waals surface area contributed by atoms with Crippen LogP contribution < -0.4 is 10.2 Å². The fraction of sp³-hybridized carbons (Fsp3) is 0.564. The Balaban J connectivity index is 1.07. The predicted molar refractivity (Wildman–Crippen MR) is 194 cm³/mol. The molecule has 2 aliphatic heterocycles. The number of carbonyl (C=O) groups is 3. The number of amides is 2. The van der Waals surface area contributed by atoms with Crippen LogP contribution in [-0.2, 0) is 21.4 Å². The summed E-state index contributed by atoms with van der Waals surface area (Å²) in [5, 5.41) is 12.3. The number of carboxylic acid groups (broad SMARTS) is 1. The molecule has 49 heavy (non-hydrogen) atoms. The molecular formula is C39H51N5O4S. The zero-order valence-electron chi connectivity index (χ0n) is 29.6. The van der Waals surface area contributed by atoms with Crippen molar-refractivity contribution >= 4 is 34.8 Å². The molecule has 262 valence electrons. The highest BCUT2D eigenvalue weighted by Gasteiger charge is 2.39. The SMILES string of the molecule is CC1(C)CCC(C2CCN(c3cnc(-c4ccc(C[C@H](NC(=O)c5ccc(C(C)(C)C)s5)C(=O)N5CC(C(=O)O)C5)cc4)nc3)CC2)CC1. The van der Waals surface area contributed by atoms with Crippen LogP contribution in [-0.4, -0.2) is 70.0 Å². The lowest BCUT2D eigenvalue weighted by molar-refractivity contribution is -0.153. The van der Waals surface area contributed by atoms with Gasteiger partial charge in [0.2, 0.25) is 5.91 Å². The Morgan fingerprint density at radius 1 is 0.939 bits per heavy atom. The molecule has 1 aliphatic carbocycles. The van der Waals surface area contributed by atoms with Crippen molar-refractivity contribution in [2.75, 3.05) is 31.1 Å². The van der Waals surface area contributed by atoms with Crippen LogP contribution in [0.2, 0.25) is 0 Å². The first kappa shape index (κ1) is 35.1. The number of carbonyl (C=O) groups excluding carboxylic acids is 2. The number of piperidine rings is 1. The molecule has 4 heterocycles. The van der Waals surface area contributed by atoms with E-state index < -0.39 is 17.9 Å². The molecule has 9 nitrogen and oxygen atoms in total. The highest BCUT2D eigenvalue weighted by atomic mass is 32.1. The summed E-state index contributed by atoms with van der Waals surface area (Å²) in [6.07, 6.45) is 12.1. The van der Waals surface area contributed by atoms with Crippen LogP contribution in [0.3, 0.4) is 0 Å². The summed E-state index contributed by atoms with van der Waals surface area (Å²) in [5.41, 5.74) is 3.25. The molecule has 6 rings (SSSR count). The topological polar surface area (TPSA) is 116 Å². The standard InChI is InChI=1S/C39H51N5O4S/c1-38(2,3)33-11-10-32(49-33)35(45)42-31(36(46)44-23-29(24-44)37(47)48)20-25-6-8-28(9-7-25)34-40-21-30(22-41-34)43-18-14-27(15-19-43)26-12-16-39(4,5)17-13-26/h6-11,21-22,26-27,29,31H,12-20,23-24H2,1-5H3,(H,42,45)(H,47,48)/t31-/m0/s1. The minimum atomic E-state index is -0.910. The van der Waals surface area contributed by atoms with E-state index in [2.05, 4.69) is 44.8 Å².